The van der Waals surface area contributed by atoms with Crippen molar-refractivity contribution >= 4 is 5.97 Å². The third-order valence-electron chi connectivity index (χ3n) is 5.06. The maximum Gasteiger partial charge on any atom is 0.335 e. The van der Waals surface area contributed by atoms with Gasteiger partial charge in [0.2, 0.25) is 0 Å². The molecule has 1 saturated carbocycles. The van der Waals surface area contributed by atoms with E-state index >= 15 is 0 Å². The molecule has 1 aliphatic carbocycles. The minimum absolute atomic E-state index is 0.330. The van der Waals surface area contributed by atoms with E-state index in [9.17, 15) is 9.90 Å². The van der Waals surface area contributed by atoms with Crippen molar-refractivity contribution < 1.29 is 9.90 Å². The highest BCUT2D eigenvalue weighted by Gasteiger charge is 2.23. The summed E-state index contributed by atoms with van der Waals surface area (Å²) in [5.74, 6) is 0.149. The summed E-state index contributed by atoms with van der Waals surface area (Å²) in [7, 11) is 0. The molecule has 4 nitrogen and oxygen atoms in total. The van der Waals surface area contributed by atoms with Crippen molar-refractivity contribution in [2.24, 2.45) is 0 Å². The van der Waals surface area contributed by atoms with E-state index in [4.69, 9.17) is 4.98 Å². The number of carboxylic acids is 1. The van der Waals surface area contributed by atoms with Crippen LogP contribution < -0.4 is 0 Å². The van der Waals surface area contributed by atoms with Crippen LogP contribution in [0.4, 0.5) is 0 Å². The average molecular weight is 344 g/mol. The topological polar surface area (TPSA) is 63.1 Å². The van der Waals surface area contributed by atoms with Gasteiger partial charge in [0.15, 0.2) is 5.82 Å². The van der Waals surface area contributed by atoms with Crippen LogP contribution in [-0.2, 0) is 0 Å². The fourth-order valence-electron chi connectivity index (χ4n) is 3.74. The molecule has 0 aliphatic heterocycles. The Labute approximate surface area is 152 Å². The number of nitrogens with zero attached hydrogens (tertiary/aromatic N) is 2. The van der Waals surface area contributed by atoms with Gasteiger partial charge in [0.05, 0.1) is 11.3 Å². The summed E-state index contributed by atoms with van der Waals surface area (Å²) in [6.07, 6.45) is 6.20. The molecule has 0 spiro atoms. The van der Waals surface area contributed by atoms with Gasteiger partial charge in [-0.25, -0.2) is 14.8 Å². The molecule has 26 heavy (non-hydrogen) atoms. The Morgan fingerprint density at radius 2 is 1.73 bits per heavy atom. The minimum Gasteiger partial charge on any atom is -0.478 e. The van der Waals surface area contributed by atoms with Gasteiger partial charge in [-0.1, -0.05) is 49.2 Å². The van der Waals surface area contributed by atoms with E-state index in [0.717, 1.165) is 35.2 Å². The van der Waals surface area contributed by atoms with Crippen molar-refractivity contribution in [3.05, 3.63) is 71.9 Å². The second-order valence-electron chi connectivity index (χ2n) is 6.72. The van der Waals surface area contributed by atoms with Crippen molar-refractivity contribution in [3.63, 3.8) is 0 Å². The zero-order valence-corrected chi connectivity index (χ0v) is 14.4. The van der Waals surface area contributed by atoms with Crippen molar-refractivity contribution in [2.75, 3.05) is 0 Å². The summed E-state index contributed by atoms with van der Waals surface area (Å²) in [5, 5.41) is 9.55. The lowest BCUT2D eigenvalue weighted by molar-refractivity contribution is 0.0695. The number of hydrogen-bond donors (Lipinski definition) is 1. The first-order valence-corrected chi connectivity index (χ1v) is 8.98. The van der Waals surface area contributed by atoms with E-state index in [1.165, 1.54) is 12.8 Å². The highest BCUT2D eigenvalue weighted by atomic mass is 16.4. The lowest BCUT2D eigenvalue weighted by Gasteiger charge is -2.15. The number of aromatic nitrogens is 2. The van der Waals surface area contributed by atoms with Gasteiger partial charge in [-0.3, -0.25) is 0 Å². The zero-order valence-electron chi connectivity index (χ0n) is 14.4. The molecule has 1 N–H and O–H groups in total. The Kier molecular flexibility index (Phi) is 4.48. The molecule has 4 rings (SSSR count). The van der Waals surface area contributed by atoms with Gasteiger partial charge in [-0.2, -0.15) is 0 Å². The van der Waals surface area contributed by atoms with Crippen LogP contribution in [0.5, 0.6) is 0 Å². The highest BCUT2D eigenvalue weighted by molar-refractivity contribution is 5.90. The summed E-state index contributed by atoms with van der Waals surface area (Å²) in [6, 6.07) is 17.3. The predicted octanol–water partition coefficient (Wildman–Crippen LogP) is 5.17. The first-order valence-electron chi connectivity index (χ1n) is 8.98. The molecule has 3 aromatic rings. The van der Waals surface area contributed by atoms with E-state index in [1.807, 2.05) is 48.5 Å². The Balaban J connectivity index is 1.76. The average Bonchev–Trinajstić information content (AvgIpc) is 3.23. The number of rotatable bonds is 4. The number of carboxylic acid groups (broad SMARTS) is 1. The van der Waals surface area contributed by atoms with Gasteiger partial charge in [0, 0.05) is 17.3 Å². The van der Waals surface area contributed by atoms with Crippen molar-refractivity contribution in [3.8, 4) is 22.6 Å². The summed E-state index contributed by atoms with van der Waals surface area (Å²) in [5.41, 5.74) is 4.07. The molecule has 0 amide bonds. The molecule has 130 valence electrons. The predicted molar refractivity (Wildman–Crippen MR) is 101 cm³/mol. The third kappa shape index (κ3) is 3.23. The van der Waals surface area contributed by atoms with Crippen LogP contribution in [0.15, 0.2) is 60.8 Å². The molecule has 2 aromatic carbocycles. The van der Waals surface area contributed by atoms with Crippen LogP contribution in [0.25, 0.3) is 22.6 Å². The quantitative estimate of drug-likeness (QED) is 0.709. The van der Waals surface area contributed by atoms with E-state index in [1.54, 1.807) is 12.3 Å². The number of aromatic carboxylic acids is 1. The molecule has 0 bridgehead atoms. The SMILES string of the molecule is O=C(O)c1ccc(-c2ccnc(-c3ccccc3)n2)cc1C1CCCC1. The van der Waals surface area contributed by atoms with Gasteiger partial charge < -0.3 is 5.11 Å². The number of benzene rings is 2. The molecule has 1 heterocycles. The first kappa shape index (κ1) is 16.5. The van der Waals surface area contributed by atoms with Crippen LogP contribution >= 0.6 is 0 Å². The first-order chi connectivity index (χ1) is 12.7. The van der Waals surface area contributed by atoms with E-state index < -0.39 is 5.97 Å². The van der Waals surface area contributed by atoms with Gasteiger partial charge in [-0.05, 0) is 42.5 Å². The molecule has 0 unspecified atom stereocenters. The van der Waals surface area contributed by atoms with Crippen LogP contribution in [0, 0.1) is 0 Å². The molecule has 4 heteroatoms. The van der Waals surface area contributed by atoms with E-state index in [2.05, 4.69) is 4.98 Å². The lowest BCUT2D eigenvalue weighted by atomic mass is 9.90. The number of carbonyl (C=O) groups is 1. The summed E-state index contributed by atoms with van der Waals surface area (Å²) >= 11 is 0. The van der Waals surface area contributed by atoms with Gasteiger partial charge in [0.25, 0.3) is 0 Å². The van der Waals surface area contributed by atoms with E-state index in [-0.39, 0.29) is 0 Å². The van der Waals surface area contributed by atoms with Gasteiger partial charge in [0.1, 0.15) is 0 Å². The molecular weight excluding hydrogens is 324 g/mol. The Morgan fingerprint density at radius 3 is 2.46 bits per heavy atom. The van der Waals surface area contributed by atoms with Crippen LogP contribution in [0.3, 0.4) is 0 Å². The van der Waals surface area contributed by atoms with Crippen molar-refractivity contribution in [1.29, 1.82) is 0 Å². The molecule has 0 radical (unpaired) electrons. The molecule has 1 aliphatic rings. The van der Waals surface area contributed by atoms with Crippen LogP contribution in [0.1, 0.15) is 47.5 Å². The fourth-order valence-corrected chi connectivity index (χ4v) is 3.74. The van der Waals surface area contributed by atoms with Crippen molar-refractivity contribution in [2.45, 2.75) is 31.6 Å². The third-order valence-corrected chi connectivity index (χ3v) is 5.06. The second kappa shape index (κ2) is 7.08. The normalized spacial score (nSPS) is 14.5. The zero-order chi connectivity index (χ0) is 17.9. The fraction of sp³-hybridized carbons (Fsp3) is 0.227. The minimum atomic E-state index is -0.855. The molecule has 0 atom stereocenters. The van der Waals surface area contributed by atoms with Crippen LogP contribution in [0.2, 0.25) is 0 Å². The summed E-state index contributed by atoms with van der Waals surface area (Å²) < 4.78 is 0. The lowest BCUT2D eigenvalue weighted by Crippen LogP contribution is -2.06. The molecule has 0 saturated heterocycles. The summed E-state index contributed by atoms with van der Waals surface area (Å²) in [4.78, 5) is 20.7. The standard InChI is InChI=1S/C22H20N2O2/c25-22(26)18-11-10-17(14-19(18)15-6-4-5-7-15)20-12-13-23-21(24-20)16-8-2-1-3-9-16/h1-3,8-15H,4-7H2,(H,25,26). The van der Waals surface area contributed by atoms with Gasteiger partial charge in [-0.15, -0.1) is 0 Å². The highest BCUT2D eigenvalue weighted by Crippen LogP contribution is 2.37. The largest absolute Gasteiger partial charge is 0.478 e. The maximum atomic E-state index is 11.6. The smallest absolute Gasteiger partial charge is 0.335 e. The molecule has 1 fully saturated rings. The Bertz CT molecular complexity index is 932. The maximum absolute atomic E-state index is 11.6. The molecule has 1 aromatic heterocycles. The van der Waals surface area contributed by atoms with Gasteiger partial charge >= 0.3 is 5.97 Å². The van der Waals surface area contributed by atoms with Crippen LogP contribution in [-0.4, -0.2) is 21.0 Å². The number of hydrogen-bond acceptors (Lipinski definition) is 3. The second-order valence-corrected chi connectivity index (χ2v) is 6.72. The molecular formula is C22H20N2O2. The Hall–Kier alpha value is -3.01. The summed E-state index contributed by atoms with van der Waals surface area (Å²) in [6.45, 7) is 0. The van der Waals surface area contributed by atoms with Crippen molar-refractivity contribution in [1.82, 2.24) is 9.97 Å². The van der Waals surface area contributed by atoms with E-state index in [0.29, 0.717) is 17.3 Å². The Morgan fingerprint density at radius 1 is 0.962 bits per heavy atom. The monoisotopic (exact) mass is 344 g/mol.